The third kappa shape index (κ3) is 5.18. The van der Waals surface area contributed by atoms with E-state index in [0.717, 1.165) is 11.1 Å². The molecule has 168 valence electrons. The van der Waals surface area contributed by atoms with E-state index in [2.05, 4.69) is 0 Å². The van der Waals surface area contributed by atoms with Crippen molar-refractivity contribution in [1.82, 2.24) is 4.31 Å². The van der Waals surface area contributed by atoms with E-state index in [9.17, 15) is 8.42 Å². The molecule has 2 aliphatic heterocycles. The minimum absolute atomic E-state index is 0.00322. The van der Waals surface area contributed by atoms with Crippen LogP contribution < -0.4 is 0 Å². The molecule has 2 aliphatic rings. The van der Waals surface area contributed by atoms with Crippen LogP contribution in [0.5, 0.6) is 0 Å². The van der Waals surface area contributed by atoms with Crippen LogP contribution >= 0.6 is 0 Å². The van der Waals surface area contributed by atoms with E-state index < -0.39 is 15.8 Å². The first kappa shape index (κ1) is 22.4. The summed E-state index contributed by atoms with van der Waals surface area (Å²) in [5.41, 5.74) is 2.15. The number of ether oxygens (including phenoxy) is 3. The van der Waals surface area contributed by atoms with Gasteiger partial charge in [0.05, 0.1) is 17.6 Å². The summed E-state index contributed by atoms with van der Waals surface area (Å²) in [6.45, 7) is 7.47. The van der Waals surface area contributed by atoms with E-state index in [-0.39, 0.29) is 18.1 Å². The molecule has 2 aromatic carbocycles. The molecule has 2 fully saturated rings. The van der Waals surface area contributed by atoms with Gasteiger partial charge in [-0.1, -0.05) is 48.0 Å². The Morgan fingerprint density at radius 2 is 1.74 bits per heavy atom. The lowest BCUT2D eigenvalue weighted by Crippen LogP contribution is -2.53. The maximum Gasteiger partial charge on any atom is 0.243 e. The van der Waals surface area contributed by atoms with E-state index >= 15 is 0 Å². The third-order valence-corrected chi connectivity index (χ3v) is 7.76. The minimum Gasteiger partial charge on any atom is -0.377 e. The molecular formula is C24H31NO5S. The van der Waals surface area contributed by atoms with Gasteiger partial charge in [0.1, 0.15) is 6.10 Å². The summed E-state index contributed by atoms with van der Waals surface area (Å²) in [6.07, 6.45) is 0.274. The molecule has 31 heavy (non-hydrogen) atoms. The Morgan fingerprint density at radius 3 is 2.45 bits per heavy atom. The van der Waals surface area contributed by atoms with Crippen LogP contribution in [0.25, 0.3) is 0 Å². The van der Waals surface area contributed by atoms with Crippen LogP contribution in [0.1, 0.15) is 31.4 Å². The predicted molar refractivity (Wildman–Crippen MR) is 118 cm³/mol. The Balaban J connectivity index is 1.46. The first-order valence-corrected chi connectivity index (χ1v) is 12.2. The lowest BCUT2D eigenvalue weighted by Gasteiger charge is -2.38. The van der Waals surface area contributed by atoms with Crippen molar-refractivity contribution >= 4 is 10.0 Å². The van der Waals surface area contributed by atoms with Crippen LogP contribution in [0, 0.1) is 12.8 Å². The van der Waals surface area contributed by atoms with Crippen molar-refractivity contribution in [3.8, 4) is 0 Å². The molecular weight excluding hydrogens is 414 g/mol. The quantitative estimate of drug-likeness (QED) is 0.608. The summed E-state index contributed by atoms with van der Waals surface area (Å²) in [6, 6.07) is 17.0. The van der Waals surface area contributed by atoms with Crippen LogP contribution in [-0.2, 0) is 30.8 Å². The van der Waals surface area contributed by atoms with Gasteiger partial charge in [0, 0.05) is 25.6 Å². The number of rotatable bonds is 7. The smallest absolute Gasteiger partial charge is 0.243 e. The second kappa shape index (κ2) is 9.00. The van der Waals surface area contributed by atoms with E-state index in [1.54, 1.807) is 16.4 Å². The highest BCUT2D eigenvalue weighted by molar-refractivity contribution is 7.89. The number of fused-ring (bicyclic) bond motifs is 1. The number of benzene rings is 2. The summed E-state index contributed by atoms with van der Waals surface area (Å²) in [7, 11) is -3.60. The van der Waals surface area contributed by atoms with E-state index in [0.29, 0.717) is 37.6 Å². The molecule has 7 heteroatoms. The fourth-order valence-electron chi connectivity index (χ4n) is 4.35. The number of aryl methyl sites for hydroxylation is 1. The summed E-state index contributed by atoms with van der Waals surface area (Å²) in [4.78, 5) is 0.314. The molecule has 3 atom stereocenters. The molecule has 0 bridgehead atoms. The first-order valence-electron chi connectivity index (χ1n) is 10.8. The van der Waals surface area contributed by atoms with Crippen molar-refractivity contribution in [2.45, 2.75) is 56.7 Å². The Morgan fingerprint density at radius 1 is 1.03 bits per heavy atom. The van der Waals surface area contributed by atoms with Crippen LogP contribution in [0.2, 0.25) is 0 Å². The molecule has 6 nitrogen and oxygen atoms in total. The van der Waals surface area contributed by atoms with Gasteiger partial charge in [-0.2, -0.15) is 4.31 Å². The van der Waals surface area contributed by atoms with Gasteiger partial charge < -0.3 is 14.2 Å². The molecule has 0 unspecified atom stereocenters. The van der Waals surface area contributed by atoms with Gasteiger partial charge >= 0.3 is 0 Å². The van der Waals surface area contributed by atoms with Gasteiger partial charge in [-0.05, 0) is 44.9 Å². The average Bonchev–Trinajstić information content (AvgIpc) is 3.06. The van der Waals surface area contributed by atoms with E-state index in [1.165, 1.54) is 0 Å². The monoisotopic (exact) mass is 445 g/mol. The van der Waals surface area contributed by atoms with Crippen LogP contribution in [0.3, 0.4) is 0 Å². The topological polar surface area (TPSA) is 65.1 Å². The average molecular weight is 446 g/mol. The Kier molecular flexibility index (Phi) is 6.51. The molecule has 0 N–H and O–H groups in total. The van der Waals surface area contributed by atoms with Crippen LogP contribution in [-0.4, -0.2) is 50.4 Å². The number of nitrogens with zero attached hydrogens (tertiary/aromatic N) is 1. The molecule has 2 saturated heterocycles. The zero-order valence-corrected chi connectivity index (χ0v) is 19.2. The van der Waals surface area contributed by atoms with Gasteiger partial charge in [0.2, 0.25) is 10.0 Å². The van der Waals surface area contributed by atoms with E-state index in [4.69, 9.17) is 14.2 Å². The minimum atomic E-state index is -3.60. The molecule has 0 spiro atoms. The highest BCUT2D eigenvalue weighted by Gasteiger charge is 2.50. The van der Waals surface area contributed by atoms with Crippen molar-refractivity contribution in [3.63, 3.8) is 0 Å². The zero-order chi connectivity index (χ0) is 22.1. The Bertz CT molecular complexity index is 975. The lowest BCUT2D eigenvalue weighted by atomic mass is 9.91. The molecule has 0 aliphatic carbocycles. The molecule has 0 radical (unpaired) electrons. The second-order valence-electron chi connectivity index (χ2n) is 8.86. The molecule has 4 rings (SSSR count). The predicted octanol–water partition coefficient (Wildman–Crippen LogP) is 3.74. The van der Waals surface area contributed by atoms with Crippen molar-refractivity contribution in [3.05, 3.63) is 65.7 Å². The van der Waals surface area contributed by atoms with Crippen molar-refractivity contribution in [1.29, 1.82) is 0 Å². The largest absolute Gasteiger partial charge is 0.377 e. The maximum atomic E-state index is 13.3. The third-order valence-electron chi connectivity index (χ3n) is 5.91. The lowest BCUT2D eigenvalue weighted by molar-refractivity contribution is -0.148. The van der Waals surface area contributed by atoms with Crippen molar-refractivity contribution < 1.29 is 22.6 Å². The second-order valence-corrected chi connectivity index (χ2v) is 10.8. The SMILES string of the molecule is Cc1ccc(S(=O)(=O)N2C[C@@H](CCOCc3ccccc3)[C@@H]3OC(C)(C)O[C@@H]3C2)cc1. The molecule has 2 aromatic rings. The van der Waals surface area contributed by atoms with Gasteiger partial charge in [0.25, 0.3) is 0 Å². The Hall–Kier alpha value is -1.77. The highest BCUT2D eigenvalue weighted by atomic mass is 32.2. The van der Waals surface area contributed by atoms with Gasteiger partial charge in [-0.15, -0.1) is 0 Å². The number of piperidine rings is 1. The van der Waals surface area contributed by atoms with Crippen molar-refractivity contribution in [2.24, 2.45) is 5.92 Å². The Labute approximate surface area is 185 Å². The fourth-order valence-corrected chi connectivity index (χ4v) is 5.86. The van der Waals surface area contributed by atoms with Gasteiger partial charge in [-0.25, -0.2) is 8.42 Å². The summed E-state index contributed by atoms with van der Waals surface area (Å²) in [5.74, 6) is -0.723. The van der Waals surface area contributed by atoms with Gasteiger partial charge in [0.15, 0.2) is 5.79 Å². The molecule has 0 saturated carbocycles. The summed E-state index contributed by atoms with van der Waals surface area (Å²) < 4.78 is 46.3. The van der Waals surface area contributed by atoms with Crippen LogP contribution in [0.4, 0.5) is 0 Å². The number of hydrogen-bond acceptors (Lipinski definition) is 5. The number of hydrogen-bond donors (Lipinski definition) is 0. The first-order chi connectivity index (χ1) is 14.7. The summed E-state index contributed by atoms with van der Waals surface area (Å²) in [5, 5.41) is 0. The molecule has 0 amide bonds. The standard InChI is InChI=1S/C24H31NO5S/c1-18-9-11-21(12-10-18)31(26,27)25-15-20(23-22(16-25)29-24(2,3)30-23)13-14-28-17-19-7-5-4-6-8-19/h4-12,20,22-23H,13-17H2,1-3H3/t20-,22-,23+/m1/s1. The number of sulfonamides is 1. The summed E-state index contributed by atoms with van der Waals surface area (Å²) >= 11 is 0. The maximum absolute atomic E-state index is 13.3. The molecule has 0 aromatic heterocycles. The fraction of sp³-hybridized carbons (Fsp3) is 0.500. The van der Waals surface area contributed by atoms with Crippen LogP contribution in [0.15, 0.2) is 59.5 Å². The van der Waals surface area contributed by atoms with Gasteiger partial charge in [-0.3, -0.25) is 0 Å². The van der Waals surface area contributed by atoms with Crippen molar-refractivity contribution in [2.75, 3.05) is 19.7 Å². The normalized spacial score (nSPS) is 26.0. The highest BCUT2D eigenvalue weighted by Crippen LogP contribution is 2.38. The van der Waals surface area contributed by atoms with E-state index in [1.807, 2.05) is 63.2 Å². The zero-order valence-electron chi connectivity index (χ0n) is 18.4. The molecule has 2 heterocycles.